The molecule has 2 amide bonds. The Balaban J connectivity index is 1.36. The molecular weight excluding hydrogens is 442 g/mol. The third kappa shape index (κ3) is 4.85. The zero-order valence-electron chi connectivity index (χ0n) is 20.7. The number of amides is 2. The Morgan fingerprint density at radius 2 is 1.71 bits per heavy atom. The van der Waals surface area contributed by atoms with Crippen LogP contribution in [0.1, 0.15) is 67.6 Å². The summed E-state index contributed by atoms with van der Waals surface area (Å²) in [6, 6.07) is 7.15. The third-order valence-corrected chi connectivity index (χ3v) is 7.12. The number of benzene rings is 1. The van der Waals surface area contributed by atoms with Crippen molar-refractivity contribution in [1.82, 2.24) is 30.3 Å². The Morgan fingerprint density at radius 1 is 1.06 bits per heavy atom. The van der Waals surface area contributed by atoms with Crippen LogP contribution in [0, 0.1) is 31.6 Å². The van der Waals surface area contributed by atoms with Gasteiger partial charge in [0.25, 0.3) is 5.91 Å². The molecule has 2 fully saturated rings. The highest BCUT2D eigenvalue weighted by molar-refractivity contribution is 6.00. The van der Waals surface area contributed by atoms with E-state index in [1.807, 2.05) is 52.0 Å². The van der Waals surface area contributed by atoms with Crippen molar-refractivity contribution in [2.75, 3.05) is 5.32 Å². The van der Waals surface area contributed by atoms with Crippen molar-refractivity contribution in [2.24, 2.45) is 17.8 Å². The molecule has 2 aliphatic carbocycles. The number of aromatic amines is 1. The fourth-order valence-corrected chi connectivity index (χ4v) is 5.14. The number of aromatic nitrogens is 5. The van der Waals surface area contributed by atoms with Crippen LogP contribution in [-0.4, -0.2) is 42.8 Å². The van der Waals surface area contributed by atoms with Gasteiger partial charge in [-0.15, -0.1) is 0 Å². The Morgan fingerprint density at radius 3 is 2.26 bits per heavy atom. The second kappa shape index (κ2) is 9.28. The lowest BCUT2D eigenvalue weighted by atomic mass is 9.88. The molecule has 5 rings (SSSR count). The second-order valence-electron chi connectivity index (χ2n) is 10.2. The van der Waals surface area contributed by atoms with Crippen LogP contribution in [0.2, 0.25) is 0 Å². The molecule has 2 aromatic heterocycles. The van der Waals surface area contributed by atoms with Crippen LogP contribution >= 0.6 is 0 Å². The van der Waals surface area contributed by atoms with Crippen molar-refractivity contribution < 1.29 is 9.59 Å². The molecule has 3 aromatic rings. The summed E-state index contributed by atoms with van der Waals surface area (Å²) in [4.78, 5) is 30.9. The summed E-state index contributed by atoms with van der Waals surface area (Å²) in [5, 5.41) is 17.6. The van der Waals surface area contributed by atoms with Gasteiger partial charge >= 0.3 is 0 Å². The topological polar surface area (TPSA) is 118 Å². The predicted octanol–water partition coefficient (Wildman–Crippen LogP) is 4.04. The van der Waals surface area contributed by atoms with E-state index in [4.69, 9.17) is 0 Å². The highest BCUT2D eigenvalue weighted by Gasteiger charge is 2.48. The first-order valence-corrected chi connectivity index (χ1v) is 12.5. The Kier molecular flexibility index (Phi) is 6.17. The van der Waals surface area contributed by atoms with E-state index < -0.39 is 6.04 Å². The van der Waals surface area contributed by atoms with Crippen molar-refractivity contribution in [2.45, 2.75) is 65.5 Å². The van der Waals surface area contributed by atoms with E-state index in [0.717, 1.165) is 48.2 Å². The minimum absolute atomic E-state index is 0.00537. The Hall–Kier alpha value is -3.49. The van der Waals surface area contributed by atoms with E-state index in [0.29, 0.717) is 17.5 Å². The molecule has 184 valence electrons. The van der Waals surface area contributed by atoms with Gasteiger partial charge in [-0.3, -0.25) is 14.7 Å². The number of hydrogen-bond acceptors (Lipinski definition) is 5. The van der Waals surface area contributed by atoms with Crippen LogP contribution in [0.25, 0.3) is 11.1 Å². The molecule has 1 aromatic carbocycles. The average Bonchev–Trinajstić information content (AvgIpc) is 3.76. The summed E-state index contributed by atoms with van der Waals surface area (Å²) < 4.78 is 1.59. The summed E-state index contributed by atoms with van der Waals surface area (Å²) in [6.45, 7) is 7.86. The first-order chi connectivity index (χ1) is 16.8. The monoisotopic (exact) mass is 475 g/mol. The van der Waals surface area contributed by atoms with Gasteiger partial charge in [-0.2, -0.15) is 10.2 Å². The van der Waals surface area contributed by atoms with Gasteiger partial charge in [0.05, 0.1) is 5.69 Å². The largest absolute Gasteiger partial charge is 0.337 e. The van der Waals surface area contributed by atoms with E-state index in [9.17, 15) is 9.59 Å². The normalized spacial score (nSPS) is 16.5. The van der Waals surface area contributed by atoms with Crippen molar-refractivity contribution in [3.05, 3.63) is 47.8 Å². The maximum absolute atomic E-state index is 13.6. The fraction of sp³-hybridized carbons (Fsp3) is 0.500. The van der Waals surface area contributed by atoms with Crippen molar-refractivity contribution in [3.63, 3.8) is 0 Å². The number of nitrogens with one attached hydrogen (secondary N) is 3. The molecule has 1 atom stereocenters. The Labute approximate surface area is 205 Å². The van der Waals surface area contributed by atoms with Crippen molar-refractivity contribution >= 4 is 17.5 Å². The first-order valence-electron chi connectivity index (χ1n) is 12.5. The molecule has 35 heavy (non-hydrogen) atoms. The molecule has 0 spiro atoms. The van der Waals surface area contributed by atoms with Crippen LogP contribution < -0.4 is 10.6 Å². The number of nitrogens with zero attached hydrogens (tertiary/aromatic N) is 4. The molecule has 3 N–H and O–H groups in total. The van der Waals surface area contributed by atoms with Crippen LogP contribution in [0.5, 0.6) is 0 Å². The summed E-state index contributed by atoms with van der Waals surface area (Å²) in [7, 11) is 0. The number of H-pyrrole nitrogens is 1. The van der Waals surface area contributed by atoms with E-state index >= 15 is 0 Å². The first kappa shape index (κ1) is 23.3. The molecule has 0 unspecified atom stereocenters. The molecule has 2 heterocycles. The van der Waals surface area contributed by atoms with Gasteiger partial charge in [0, 0.05) is 23.0 Å². The lowest BCUT2D eigenvalue weighted by Gasteiger charge is -2.27. The molecule has 2 saturated carbocycles. The van der Waals surface area contributed by atoms with E-state index in [1.165, 1.54) is 6.33 Å². The number of rotatable bonds is 9. The lowest BCUT2D eigenvalue weighted by Crippen LogP contribution is -2.50. The van der Waals surface area contributed by atoms with E-state index in [2.05, 4.69) is 30.9 Å². The van der Waals surface area contributed by atoms with E-state index in [-0.39, 0.29) is 29.6 Å². The molecule has 0 bridgehead atoms. The SMILES string of the molecule is Cc1n[nH]c(C)c1-c1ccc(NC(=O)[C@@H](NC(=O)c2ncnn2C(C)C)C(C2CC2)C2CC2)cc1. The van der Waals surface area contributed by atoms with Crippen molar-refractivity contribution in [1.29, 1.82) is 0 Å². The average molecular weight is 476 g/mol. The molecule has 0 saturated heterocycles. The fourth-order valence-electron chi connectivity index (χ4n) is 5.14. The second-order valence-corrected chi connectivity index (χ2v) is 10.2. The lowest BCUT2D eigenvalue weighted by molar-refractivity contribution is -0.119. The highest BCUT2D eigenvalue weighted by Crippen LogP contribution is 2.51. The summed E-state index contributed by atoms with van der Waals surface area (Å²) in [6.07, 6.45) is 5.83. The molecule has 2 aliphatic rings. The van der Waals surface area contributed by atoms with Crippen LogP contribution in [0.15, 0.2) is 30.6 Å². The smallest absolute Gasteiger partial charge is 0.289 e. The molecule has 0 radical (unpaired) electrons. The van der Waals surface area contributed by atoms with Gasteiger partial charge in [-0.05, 0) is 88.8 Å². The van der Waals surface area contributed by atoms with Gasteiger partial charge in [-0.25, -0.2) is 9.67 Å². The number of carbonyl (C=O) groups is 2. The molecule has 0 aliphatic heterocycles. The van der Waals surface area contributed by atoms with Crippen LogP contribution in [-0.2, 0) is 4.79 Å². The number of anilines is 1. The molecular formula is C26H33N7O2. The summed E-state index contributed by atoms with van der Waals surface area (Å²) in [5.41, 5.74) is 4.76. The van der Waals surface area contributed by atoms with Gasteiger partial charge in [-0.1, -0.05) is 12.1 Å². The third-order valence-electron chi connectivity index (χ3n) is 7.12. The highest BCUT2D eigenvalue weighted by atomic mass is 16.2. The van der Waals surface area contributed by atoms with Crippen LogP contribution in [0.3, 0.4) is 0 Å². The van der Waals surface area contributed by atoms with Gasteiger partial charge in [0.15, 0.2) is 0 Å². The van der Waals surface area contributed by atoms with Gasteiger partial charge in [0.2, 0.25) is 11.7 Å². The number of aryl methyl sites for hydroxylation is 2. The van der Waals surface area contributed by atoms with E-state index in [1.54, 1.807) is 4.68 Å². The summed E-state index contributed by atoms with van der Waals surface area (Å²) >= 11 is 0. The Bertz CT molecular complexity index is 1190. The summed E-state index contributed by atoms with van der Waals surface area (Å²) in [5.74, 6) is 0.806. The quantitative estimate of drug-likeness (QED) is 0.432. The number of carbonyl (C=O) groups excluding carboxylic acids is 2. The maximum atomic E-state index is 13.6. The predicted molar refractivity (Wildman–Crippen MR) is 133 cm³/mol. The number of hydrogen-bond donors (Lipinski definition) is 3. The van der Waals surface area contributed by atoms with Crippen molar-refractivity contribution in [3.8, 4) is 11.1 Å². The van der Waals surface area contributed by atoms with Gasteiger partial charge < -0.3 is 10.6 Å². The molecule has 9 heteroatoms. The zero-order chi connectivity index (χ0) is 24.7. The molecule has 9 nitrogen and oxygen atoms in total. The minimum atomic E-state index is -0.613. The van der Waals surface area contributed by atoms with Crippen LogP contribution in [0.4, 0.5) is 5.69 Å². The minimum Gasteiger partial charge on any atom is -0.337 e. The maximum Gasteiger partial charge on any atom is 0.289 e. The standard InChI is InChI=1S/C26H33N7O2/c1-14(2)33-24(27-13-28-33)26(35)30-23(22(18-5-6-18)19-7-8-19)25(34)29-20-11-9-17(10-12-20)21-15(3)31-32-16(21)4/h9-14,18-19,22-23H,5-8H2,1-4H3,(H,29,34)(H,30,35)(H,31,32)/t23-/m0/s1. The zero-order valence-corrected chi connectivity index (χ0v) is 20.7. The van der Waals surface area contributed by atoms with Gasteiger partial charge in [0.1, 0.15) is 12.4 Å².